The van der Waals surface area contributed by atoms with Gasteiger partial charge in [0.05, 0.1) is 24.0 Å². The van der Waals surface area contributed by atoms with Crippen LogP contribution < -0.4 is 5.32 Å². The van der Waals surface area contributed by atoms with Crippen molar-refractivity contribution in [3.63, 3.8) is 0 Å². The second-order valence-electron chi connectivity index (χ2n) is 7.52. The maximum atomic E-state index is 12.7. The Labute approximate surface area is 178 Å². The van der Waals surface area contributed by atoms with Gasteiger partial charge in [-0.3, -0.25) is 4.79 Å². The summed E-state index contributed by atoms with van der Waals surface area (Å²) in [6.45, 7) is 1.88. The highest BCUT2D eigenvalue weighted by Gasteiger charge is 2.33. The van der Waals surface area contributed by atoms with Crippen LogP contribution in [0, 0.1) is 5.92 Å². The van der Waals surface area contributed by atoms with Crippen molar-refractivity contribution in [1.29, 1.82) is 0 Å². The van der Waals surface area contributed by atoms with Crippen LogP contribution in [0.4, 0.5) is 5.69 Å². The molecule has 2 fully saturated rings. The molecular formula is C18H28N4O6S2. The number of carbonyl (C=O) groups excluding carboxylic acids is 1. The number of carbonyl (C=O) groups is 1. The lowest BCUT2D eigenvalue weighted by Crippen LogP contribution is -2.47. The highest BCUT2D eigenvalue weighted by Crippen LogP contribution is 2.23. The third-order valence-electron chi connectivity index (χ3n) is 5.27. The topological polar surface area (TPSA) is 116 Å². The molecule has 2 heterocycles. The van der Waals surface area contributed by atoms with Gasteiger partial charge >= 0.3 is 0 Å². The molecule has 2 aliphatic heterocycles. The first-order valence-electron chi connectivity index (χ1n) is 9.79. The minimum Gasteiger partial charge on any atom is -0.379 e. The number of morpholine rings is 1. The summed E-state index contributed by atoms with van der Waals surface area (Å²) < 4.78 is 59.0. The zero-order valence-electron chi connectivity index (χ0n) is 17.2. The summed E-state index contributed by atoms with van der Waals surface area (Å²) in [6, 6.07) is 6.01. The maximum absolute atomic E-state index is 12.7. The fraction of sp³-hybridized carbons (Fsp3) is 0.611. The minimum absolute atomic E-state index is 0.121. The molecule has 1 N–H and O–H groups in total. The average molecular weight is 461 g/mol. The molecule has 0 aliphatic carbocycles. The van der Waals surface area contributed by atoms with Gasteiger partial charge in [0.2, 0.25) is 15.9 Å². The minimum atomic E-state index is -3.60. The Bertz CT molecular complexity index is 957. The number of rotatable bonds is 6. The second kappa shape index (κ2) is 9.28. The number of ether oxygens (including phenoxy) is 1. The van der Waals surface area contributed by atoms with Crippen molar-refractivity contribution in [2.75, 3.05) is 58.8 Å². The molecule has 1 atom stereocenters. The molecule has 3 rings (SSSR count). The van der Waals surface area contributed by atoms with E-state index >= 15 is 0 Å². The van der Waals surface area contributed by atoms with Crippen molar-refractivity contribution in [3.05, 3.63) is 24.3 Å². The van der Waals surface area contributed by atoms with Gasteiger partial charge in [-0.1, -0.05) is 0 Å². The molecule has 0 bridgehead atoms. The van der Waals surface area contributed by atoms with E-state index in [9.17, 15) is 21.6 Å². The summed E-state index contributed by atoms with van der Waals surface area (Å²) in [5.74, 6) is -0.748. The van der Waals surface area contributed by atoms with Gasteiger partial charge in [-0.15, -0.1) is 0 Å². The van der Waals surface area contributed by atoms with Crippen LogP contribution in [0.25, 0.3) is 0 Å². The van der Waals surface area contributed by atoms with E-state index in [1.807, 2.05) is 0 Å². The van der Waals surface area contributed by atoms with E-state index in [0.717, 1.165) is 4.31 Å². The fourth-order valence-electron chi connectivity index (χ4n) is 3.49. The van der Waals surface area contributed by atoms with E-state index < -0.39 is 26.2 Å². The van der Waals surface area contributed by atoms with Crippen LogP contribution in [0.5, 0.6) is 0 Å². The summed E-state index contributed by atoms with van der Waals surface area (Å²) in [7, 11) is -4.23. The molecule has 0 radical (unpaired) electrons. The van der Waals surface area contributed by atoms with Crippen LogP contribution in [-0.4, -0.2) is 89.1 Å². The normalized spacial score (nSPS) is 22.2. The van der Waals surface area contributed by atoms with E-state index in [1.165, 1.54) is 34.8 Å². The van der Waals surface area contributed by atoms with Gasteiger partial charge in [0.1, 0.15) is 0 Å². The molecule has 2 saturated heterocycles. The highest BCUT2D eigenvalue weighted by atomic mass is 32.2. The van der Waals surface area contributed by atoms with E-state index in [2.05, 4.69) is 5.32 Å². The summed E-state index contributed by atoms with van der Waals surface area (Å²) in [5, 5.41) is 2.77. The first-order valence-corrected chi connectivity index (χ1v) is 12.6. The zero-order valence-corrected chi connectivity index (χ0v) is 18.8. The van der Waals surface area contributed by atoms with Gasteiger partial charge in [-0.05, 0) is 37.1 Å². The first-order chi connectivity index (χ1) is 14.1. The number of hydrogen-bond donors (Lipinski definition) is 1. The van der Waals surface area contributed by atoms with Crippen molar-refractivity contribution in [3.8, 4) is 0 Å². The molecule has 30 heavy (non-hydrogen) atoms. The van der Waals surface area contributed by atoms with Crippen LogP contribution in [0.1, 0.15) is 12.8 Å². The van der Waals surface area contributed by atoms with E-state index in [1.54, 1.807) is 12.1 Å². The Morgan fingerprint density at radius 2 is 1.67 bits per heavy atom. The standard InChI is InChI=1S/C18H28N4O6S2/c1-20(2)30(26,27)22-9-3-4-15(14-22)18(23)19-16-5-7-17(8-6-16)29(24,25)21-10-12-28-13-11-21/h5-8,15H,3-4,9-14H2,1-2H3,(H,19,23)/t15-/m1/s1. The van der Waals surface area contributed by atoms with Crippen molar-refractivity contribution in [2.24, 2.45) is 5.92 Å². The summed E-state index contributed by atoms with van der Waals surface area (Å²) in [4.78, 5) is 12.8. The lowest BCUT2D eigenvalue weighted by molar-refractivity contribution is -0.120. The molecule has 1 aromatic rings. The summed E-state index contributed by atoms with van der Waals surface area (Å²) in [6.07, 6.45) is 1.19. The van der Waals surface area contributed by atoms with Crippen molar-refractivity contribution in [1.82, 2.24) is 12.9 Å². The van der Waals surface area contributed by atoms with Crippen LogP contribution in [0.15, 0.2) is 29.2 Å². The highest BCUT2D eigenvalue weighted by molar-refractivity contribution is 7.89. The number of nitrogens with zero attached hydrogens (tertiary/aromatic N) is 3. The molecule has 0 spiro atoms. The van der Waals surface area contributed by atoms with Gasteiger partial charge in [-0.2, -0.15) is 21.3 Å². The number of amides is 1. The Kier molecular flexibility index (Phi) is 7.15. The fourth-order valence-corrected chi connectivity index (χ4v) is 6.09. The van der Waals surface area contributed by atoms with E-state index in [4.69, 9.17) is 4.74 Å². The van der Waals surface area contributed by atoms with Crippen LogP contribution in [-0.2, 0) is 29.8 Å². The molecule has 2 aliphatic rings. The number of hydrogen-bond acceptors (Lipinski definition) is 6. The van der Waals surface area contributed by atoms with Crippen LogP contribution in [0.2, 0.25) is 0 Å². The second-order valence-corrected chi connectivity index (χ2v) is 11.6. The monoisotopic (exact) mass is 460 g/mol. The van der Waals surface area contributed by atoms with Crippen LogP contribution >= 0.6 is 0 Å². The molecule has 12 heteroatoms. The number of piperidine rings is 1. The Morgan fingerprint density at radius 1 is 1.03 bits per heavy atom. The number of anilines is 1. The molecule has 0 unspecified atom stereocenters. The third kappa shape index (κ3) is 5.01. The number of benzene rings is 1. The van der Waals surface area contributed by atoms with Gasteiger partial charge in [0.15, 0.2) is 0 Å². The number of nitrogens with one attached hydrogen (secondary N) is 1. The summed E-state index contributed by atoms with van der Waals surface area (Å²) in [5.41, 5.74) is 0.466. The summed E-state index contributed by atoms with van der Waals surface area (Å²) >= 11 is 0. The van der Waals surface area contributed by atoms with E-state index in [0.29, 0.717) is 51.4 Å². The molecule has 1 aromatic carbocycles. The van der Waals surface area contributed by atoms with Gasteiger partial charge in [-0.25, -0.2) is 8.42 Å². The molecular weight excluding hydrogens is 432 g/mol. The zero-order chi connectivity index (χ0) is 21.9. The lowest BCUT2D eigenvalue weighted by Gasteiger charge is -2.32. The SMILES string of the molecule is CN(C)S(=O)(=O)N1CCC[C@@H](C(=O)Nc2ccc(S(=O)(=O)N3CCOCC3)cc2)C1. The predicted octanol–water partition coefficient (Wildman–Crippen LogP) is 0.164. The van der Waals surface area contributed by atoms with E-state index in [-0.39, 0.29) is 17.3 Å². The van der Waals surface area contributed by atoms with Gasteiger partial charge < -0.3 is 10.1 Å². The molecule has 0 aromatic heterocycles. The molecule has 168 valence electrons. The Hall–Kier alpha value is -1.57. The first kappa shape index (κ1) is 23.1. The molecule has 0 saturated carbocycles. The third-order valence-corrected chi connectivity index (χ3v) is 9.09. The van der Waals surface area contributed by atoms with Gasteiger partial charge in [0, 0.05) is 46.0 Å². The average Bonchev–Trinajstić information content (AvgIpc) is 2.74. The number of sulfonamides is 1. The van der Waals surface area contributed by atoms with Gasteiger partial charge in [0.25, 0.3) is 10.2 Å². The van der Waals surface area contributed by atoms with Crippen molar-refractivity contribution < 1.29 is 26.4 Å². The predicted molar refractivity (Wildman–Crippen MR) is 112 cm³/mol. The largest absolute Gasteiger partial charge is 0.379 e. The quantitative estimate of drug-likeness (QED) is 0.647. The smallest absolute Gasteiger partial charge is 0.281 e. The van der Waals surface area contributed by atoms with Crippen molar-refractivity contribution >= 4 is 31.8 Å². The van der Waals surface area contributed by atoms with Crippen molar-refractivity contribution in [2.45, 2.75) is 17.7 Å². The molecule has 1 amide bonds. The van der Waals surface area contributed by atoms with Crippen LogP contribution in [0.3, 0.4) is 0 Å². The Balaban J connectivity index is 1.64. The lowest BCUT2D eigenvalue weighted by atomic mass is 9.99. The Morgan fingerprint density at radius 3 is 2.27 bits per heavy atom. The maximum Gasteiger partial charge on any atom is 0.281 e. The molecule has 10 nitrogen and oxygen atoms in total.